The lowest BCUT2D eigenvalue weighted by Crippen LogP contribution is -2.20. The van der Waals surface area contributed by atoms with E-state index in [1.165, 1.54) is 14.2 Å². The lowest BCUT2D eigenvalue weighted by atomic mass is 10.1. The second-order valence-electron chi connectivity index (χ2n) is 4.25. The molecule has 2 N–H and O–H groups in total. The molecular formula is C15H18N2O5. The lowest BCUT2D eigenvalue weighted by molar-refractivity contribution is -0.138. The van der Waals surface area contributed by atoms with Crippen LogP contribution in [0.25, 0.3) is 0 Å². The van der Waals surface area contributed by atoms with Crippen molar-refractivity contribution in [2.24, 2.45) is 0 Å². The molecule has 7 heteroatoms. The Kier molecular flexibility index (Phi) is 6.62. The number of anilines is 1. The van der Waals surface area contributed by atoms with Gasteiger partial charge in [0.15, 0.2) is 0 Å². The molecule has 0 spiro atoms. The molecule has 1 aromatic carbocycles. The topological polar surface area (TPSA) is 93.7 Å². The maximum absolute atomic E-state index is 11.7. The van der Waals surface area contributed by atoms with Gasteiger partial charge in [0.1, 0.15) is 5.70 Å². The van der Waals surface area contributed by atoms with Crippen LogP contribution < -0.4 is 10.6 Å². The third-order valence-electron chi connectivity index (χ3n) is 2.72. The van der Waals surface area contributed by atoms with Crippen molar-refractivity contribution in [3.05, 3.63) is 41.6 Å². The molecule has 0 atom stereocenters. The van der Waals surface area contributed by atoms with Crippen molar-refractivity contribution < 1.29 is 23.9 Å². The molecule has 0 aromatic heterocycles. The molecule has 0 saturated carbocycles. The summed E-state index contributed by atoms with van der Waals surface area (Å²) in [6.07, 6.45) is 1.21. The fourth-order valence-electron chi connectivity index (χ4n) is 1.62. The summed E-state index contributed by atoms with van der Waals surface area (Å²) in [4.78, 5) is 34.3. The highest BCUT2D eigenvalue weighted by molar-refractivity contribution is 5.98. The predicted octanol–water partition coefficient (Wildman–Crippen LogP) is 0.617. The quantitative estimate of drug-likeness (QED) is 0.591. The highest BCUT2D eigenvalue weighted by Crippen LogP contribution is 2.14. The number of methoxy groups -OCH3 is 2. The summed E-state index contributed by atoms with van der Waals surface area (Å²) < 4.78 is 9.09. The van der Waals surface area contributed by atoms with Gasteiger partial charge < -0.3 is 20.1 Å². The first-order valence-corrected chi connectivity index (χ1v) is 6.44. The Labute approximate surface area is 128 Å². The molecule has 0 aliphatic rings. The fourth-order valence-corrected chi connectivity index (χ4v) is 1.62. The molecule has 0 fully saturated rings. The van der Waals surface area contributed by atoms with E-state index >= 15 is 0 Å². The zero-order valence-corrected chi connectivity index (χ0v) is 12.6. The van der Waals surface area contributed by atoms with Crippen molar-refractivity contribution in [3.8, 4) is 0 Å². The molecule has 0 bridgehead atoms. The molecule has 1 rings (SSSR count). The zero-order chi connectivity index (χ0) is 16.5. The molecule has 7 nitrogen and oxygen atoms in total. The molecule has 0 heterocycles. The Bertz CT molecular complexity index is 595. The van der Waals surface area contributed by atoms with Crippen LogP contribution >= 0.6 is 0 Å². The molecule has 1 aromatic rings. The average Bonchev–Trinajstić information content (AvgIpc) is 2.53. The minimum atomic E-state index is -0.706. The summed E-state index contributed by atoms with van der Waals surface area (Å²) in [5.74, 6) is -1.52. The Hall–Kier alpha value is -2.83. The van der Waals surface area contributed by atoms with E-state index in [1.807, 2.05) is 0 Å². The lowest BCUT2D eigenvalue weighted by Gasteiger charge is -2.10. The maximum atomic E-state index is 11.7. The number of carbonyl (C=O) groups excluding carboxylic acids is 3. The number of esters is 2. The van der Waals surface area contributed by atoms with E-state index in [4.69, 9.17) is 0 Å². The van der Waals surface area contributed by atoms with Crippen molar-refractivity contribution in [1.29, 1.82) is 0 Å². The molecule has 22 heavy (non-hydrogen) atoms. The molecule has 1 amide bonds. The number of amides is 1. The smallest absolute Gasteiger partial charge is 0.354 e. The van der Waals surface area contributed by atoms with Gasteiger partial charge in [0.2, 0.25) is 5.91 Å². The van der Waals surface area contributed by atoms with Crippen LogP contribution in [0.5, 0.6) is 0 Å². The van der Waals surface area contributed by atoms with E-state index in [0.717, 1.165) is 11.6 Å². The summed E-state index contributed by atoms with van der Waals surface area (Å²) in [6.45, 7) is 0. The van der Waals surface area contributed by atoms with Crippen molar-refractivity contribution in [1.82, 2.24) is 5.32 Å². The van der Waals surface area contributed by atoms with E-state index in [0.29, 0.717) is 5.69 Å². The van der Waals surface area contributed by atoms with Crippen LogP contribution in [0.15, 0.2) is 36.0 Å². The predicted molar refractivity (Wildman–Crippen MR) is 80.0 cm³/mol. The minimum absolute atomic E-state index is 0.0635. The number of likely N-dealkylation sites (N-methyl/N-ethyl adjacent to an activating group) is 1. The van der Waals surface area contributed by atoms with Gasteiger partial charge in [-0.3, -0.25) is 4.79 Å². The first kappa shape index (κ1) is 17.2. The average molecular weight is 306 g/mol. The minimum Gasteiger partial charge on any atom is -0.466 e. The molecule has 0 aliphatic heterocycles. The molecule has 118 valence electrons. The monoisotopic (exact) mass is 306 g/mol. The molecule has 0 radical (unpaired) electrons. The third kappa shape index (κ3) is 5.28. The van der Waals surface area contributed by atoms with Crippen molar-refractivity contribution in [2.75, 3.05) is 26.6 Å². The Morgan fingerprint density at radius 3 is 2.50 bits per heavy atom. The van der Waals surface area contributed by atoms with Crippen molar-refractivity contribution in [3.63, 3.8) is 0 Å². The zero-order valence-electron chi connectivity index (χ0n) is 12.6. The van der Waals surface area contributed by atoms with Crippen LogP contribution in [0.1, 0.15) is 5.56 Å². The van der Waals surface area contributed by atoms with Crippen LogP contribution in [0, 0.1) is 0 Å². The Balaban J connectivity index is 2.96. The number of nitrogens with one attached hydrogen (secondary N) is 2. The third-order valence-corrected chi connectivity index (χ3v) is 2.72. The van der Waals surface area contributed by atoms with Gasteiger partial charge in [-0.15, -0.1) is 0 Å². The highest BCUT2D eigenvalue weighted by Gasteiger charge is 2.13. The van der Waals surface area contributed by atoms with E-state index in [9.17, 15) is 14.4 Å². The van der Waals surface area contributed by atoms with E-state index in [1.54, 1.807) is 31.3 Å². The molecule has 0 unspecified atom stereocenters. The number of ether oxygens (including phenoxy) is 2. The molecular weight excluding hydrogens is 288 g/mol. The number of rotatable bonds is 6. The maximum Gasteiger partial charge on any atom is 0.354 e. The van der Waals surface area contributed by atoms with Gasteiger partial charge in [-0.1, -0.05) is 12.1 Å². The first-order valence-electron chi connectivity index (χ1n) is 6.44. The van der Waals surface area contributed by atoms with Gasteiger partial charge in [0, 0.05) is 12.7 Å². The van der Waals surface area contributed by atoms with E-state index < -0.39 is 11.9 Å². The number of carbonyl (C=O) groups is 3. The Morgan fingerprint density at radius 1 is 1.18 bits per heavy atom. The SMILES string of the molecule is CNC(=O)Cc1cccc(N/C(=C/C(=O)OC)C(=O)OC)c1. The van der Waals surface area contributed by atoms with E-state index in [2.05, 4.69) is 20.1 Å². The number of hydrogen-bond acceptors (Lipinski definition) is 6. The standard InChI is InChI=1S/C15H18N2O5/c1-16-13(18)8-10-5-4-6-11(7-10)17-12(15(20)22-3)9-14(19)21-2/h4-7,9,17H,8H2,1-3H3,(H,16,18)/b12-9+. The summed E-state index contributed by atoms with van der Waals surface area (Å²) in [7, 11) is 3.97. The molecule has 0 aliphatic carbocycles. The van der Waals surface area contributed by atoms with E-state index in [-0.39, 0.29) is 18.0 Å². The van der Waals surface area contributed by atoms with Crippen molar-refractivity contribution >= 4 is 23.5 Å². The van der Waals surface area contributed by atoms with Gasteiger partial charge >= 0.3 is 11.9 Å². The van der Waals surface area contributed by atoms with Crippen LogP contribution in [-0.2, 0) is 30.3 Å². The number of benzene rings is 1. The van der Waals surface area contributed by atoms with Gasteiger partial charge in [0.05, 0.1) is 26.7 Å². The van der Waals surface area contributed by atoms with Gasteiger partial charge in [0.25, 0.3) is 0 Å². The second-order valence-corrected chi connectivity index (χ2v) is 4.25. The van der Waals surface area contributed by atoms with Crippen LogP contribution in [0.2, 0.25) is 0 Å². The first-order chi connectivity index (χ1) is 10.5. The van der Waals surface area contributed by atoms with Gasteiger partial charge in [-0.05, 0) is 17.7 Å². The van der Waals surface area contributed by atoms with Crippen LogP contribution in [0.4, 0.5) is 5.69 Å². The van der Waals surface area contributed by atoms with Gasteiger partial charge in [-0.2, -0.15) is 0 Å². The van der Waals surface area contributed by atoms with Crippen LogP contribution in [-0.4, -0.2) is 39.1 Å². The number of hydrogen-bond donors (Lipinski definition) is 2. The molecule has 0 saturated heterocycles. The fraction of sp³-hybridized carbons (Fsp3) is 0.267. The normalized spacial score (nSPS) is 10.6. The summed E-state index contributed by atoms with van der Waals surface area (Å²) >= 11 is 0. The summed E-state index contributed by atoms with van der Waals surface area (Å²) in [5.41, 5.74) is 1.24. The van der Waals surface area contributed by atoms with Gasteiger partial charge in [-0.25, -0.2) is 9.59 Å². The largest absolute Gasteiger partial charge is 0.466 e. The highest BCUT2D eigenvalue weighted by atomic mass is 16.5. The summed E-state index contributed by atoms with van der Waals surface area (Å²) in [6, 6.07) is 6.90. The second kappa shape index (κ2) is 8.46. The van der Waals surface area contributed by atoms with Crippen LogP contribution in [0.3, 0.4) is 0 Å². The van der Waals surface area contributed by atoms with Crippen molar-refractivity contribution in [2.45, 2.75) is 6.42 Å². The Morgan fingerprint density at radius 2 is 1.91 bits per heavy atom. The summed E-state index contributed by atoms with van der Waals surface area (Å²) in [5, 5.41) is 5.31.